The van der Waals surface area contributed by atoms with Gasteiger partial charge in [-0.15, -0.1) is 0 Å². The van der Waals surface area contributed by atoms with Gasteiger partial charge in [0.15, 0.2) is 0 Å². The highest BCUT2D eigenvalue weighted by Gasteiger charge is 2.05. The van der Waals surface area contributed by atoms with E-state index in [9.17, 15) is 8.78 Å². The monoisotopic (exact) mass is 275 g/mol. The predicted octanol–water partition coefficient (Wildman–Crippen LogP) is 2.28. The summed E-state index contributed by atoms with van der Waals surface area (Å²) in [5, 5.41) is 8.60. The van der Waals surface area contributed by atoms with E-state index >= 15 is 0 Å². The molecule has 2 rings (SSSR count). The highest BCUT2D eigenvalue weighted by Crippen LogP contribution is 2.15. The molecule has 0 amide bonds. The molecular formula is C15H11F2NO2. The number of aliphatic hydroxyl groups is 1. The summed E-state index contributed by atoms with van der Waals surface area (Å²) in [6.07, 6.45) is 2.99. The van der Waals surface area contributed by atoms with Crippen LogP contribution in [0.25, 0.3) is 0 Å². The summed E-state index contributed by atoms with van der Waals surface area (Å²) in [6, 6.07) is 4.92. The van der Waals surface area contributed by atoms with E-state index in [1.54, 1.807) is 6.07 Å². The van der Waals surface area contributed by atoms with Crippen LogP contribution < -0.4 is 4.74 Å². The van der Waals surface area contributed by atoms with Crippen LogP contribution in [0.15, 0.2) is 36.7 Å². The largest absolute Gasteiger partial charge is 0.487 e. The molecular weight excluding hydrogens is 264 g/mol. The maximum absolute atomic E-state index is 13.4. The van der Waals surface area contributed by atoms with Gasteiger partial charge in [-0.3, -0.25) is 4.98 Å². The molecule has 0 aliphatic rings. The van der Waals surface area contributed by atoms with Crippen molar-refractivity contribution >= 4 is 0 Å². The third-order valence-corrected chi connectivity index (χ3v) is 2.43. The molecule has 0 atom stereocenters. The number of ether oxygens (including phenoxy) is 1. The minimum absolute atomic E-state index is 0.0370. The Morgan fingerprint density at radius 3 is 2.80 bits per heavy atom. The first kappa shape index (κ1) is 14.0. The summed E-state index contributed by atoms with van der Waals surface area (Å²) >= 11 is 0. The standard InChI is InChI=1S/C15H11F2NO2/c16-13-4-3-12(15(17)7-13)10-20-14-6-11(2-1-5-19)8-18-9-14/h3-4,6-9,19H,5,10H2. The molecule has 1 aromatic carbocycles. The first-order valence-corrected chi connectivity index (χ1v) is 5.80. The number of nitrogens with zero attached hydrogens (tertiary/aromatic N) is 1. The molecule has 0 spiro atoms. The van der Waals surface area contributed by atoms with Crippen LogP contribution in [0.4, 0.5) is 8.78 Å². The van der Waals surface area contributed by atoms with Crippen LogP contribution in [0.3, 0.4) is 0 Å². The molecule has 0 unspecified atom stereocenters. The molecule has 102 valence electrons. The first-order chi connectivity index (χ1) is 9.69. The Labute approximate surface area is 114 Å². The lowest BCUT2D eigenvalue weighted by molar-refractivity contribution is 0.298. The lowest BCUT2D eigenvalue weighted by atomic mass is 10.2. The molecule has 2 aromatic rings. The van der Waals surface area contributed by atoms with Crippen molar-refractivity contribution in [2.75, 3.05) is 6.61 Å². The van der Waals surface area contributed by atoms with E-state index in [0.717, 1.165) is 6.07 Å². The topological polar surface area (TPSA) is 42.4 Å². The van der Waals surface area contributed by atoms with Gasteiger partial charge in [0.25, 0.3) is 0 Å². The summed E-state index contributed by atoms with van der Waals surface area (Å²) in [5.41, 5.74) is 0.828. The van der Waals surface area contributed by atoms with Gasteiger partial charge in [0, 0.05) is 23.4 Å². The fourth-order valence-electron chi connectivity index (χ4n) is 1.51. The molecule has 0 saturated heterocycles. The number of aromatic nitrogens is 1. The Balaban J connectivity index is 2.07. The second kappa shape index (κ2) is 6.64. The molecule has 1 N–H and O–H groups in total. The minimum atomic E-state index is -0.658. The van der Waals surface area contributed by atoms with Gasteiger partial charge in [-0.25, -0.2) is 8.78 Å². The van der Waals surface area contributed by atoms with Gasteiger partial charge in [-0.05, 0) is 18.2 Å². The van der Waals surface area contributed by atoms with Crippen molar-refractivity contribution in [1.29, 1.82) is 0 Å². The average molecular weight is 275 g/mol. The Morgan fingerprint density at radius 2 is 2.05 bits per heavy atom. The van der Waals surface area contributed by atoms with Gasteiger partial charge in [0.1, 0.15) is 30.6 Å². The van der Waals surface area contributed by atoms with Crippen LogP contribution in [0.2, 0.25) is 0 Å². The Kier molecular flexibility index (Phi) is 4.64. The lowest BCUT2D eigenvalue weighted by Crippen LogP contribution is -1.99. The van der Waals surface area contributed by atoms with E-state index in [1.165, 1.54) is 24.5 Å². The van der Waals surface area contributed by atoms with E-state index in [1.807, 2.05) is 0 Å². The zero-order valence-corrected chi connectivity index (χ0v) is 10.4. The summed E-state index contributed by atoms with van der Waals surface area (Å²) in [6.45, 7) is -0.281. The third-order valence-electron chi connectivity index (χ3n) is 2.43. The highest BCUT2D eigenvalue weighted by molar-refractivity contribution is 5.36. The number of aliphatic hydroxyl groups excluding tert-OH is 1. The Morgan fingerprint density at radius 1 is 1.20 bits per heavy atom. The van der Waals surface area contributed by atoms with Crippen molar-refractivity contribution in [3.8, 4) is 17.6 Å². The minimum Gasteiger partial charge on any atom is -0.487 e. The molecule has 0 aliphatic heterocycles. The number of halogens is 2. The second-order valence-electron chi connectivity index (χ2n) is 3.89. The number of hydrogen-bond donors (Lipinski definition) is 1. The Hall–Kier alpha value is -2.45. The van der Waals surface area contributed by atoms with Gasteiger partial charge >= 0.3 is 0 Å². The van der Waals surface area contributed by atoms with Crippen molar-refractivity contribution in [1.82, 2.24) is 4.98 Å². The molecule has 1 heterocycles. The van der Waals surface area contributed by atoms with Crippen molar-refractivity contribution in [3.05, 3.63) is 59.4 Å². The smallest absolute Gasteiger partial charge is 0.139 e. The molecule has 0 aliphatic carbocycles. The zero-order chi connectivity index (χ0) is 14.4. The van der Waals surface area contributed by atoms with Gasteiger partial charge < -0.3 is 9.84 Å². The van der Waals surface area contributed by atoms with Crippen molar-refractivity contribution in [2.45, 2.75) is 6.61 Å². The molecule has 3 nitrogen and oxygen atoms in total. The van der Waals surface area contributed by atoms with Crippen molar-refractivity contribution in [3.63, 3.8) is 0 Å². The summed E-state index contributed by atoms with van der Waals surface area (Å²) < 4.78 is 31.5. The van der Waals surface area contributed by atoms with Gasteiger partial charge in [-0.2, -0.15) is 0 Å². The predicted molar refractivity (Wildman–Crippen MR) is 68.9 cm³/mol. The van der Waals surface area contributed by atoms with Crippen LogP contribution in [-0.2, 0) is 6.61 Å². The Bertz CT molecular complexity index is 662. The molecule has 5 heteroatoms. The van der Waals surface area contributed by atoms with Gasteiger partial charge in [0.05, 0.1) is 6.20 Å². The maximum Gasteiger partial charge on any atom is 0.139 e. The lowest BCUT2D eigenvalue weighted by Gasteiger charge is -2.07. The van der Waals surface area contributed by atoms with Crippen LogP contribution in [-0.4, -0.2) is 16.7 Å². The third kappa shape index (κ3) is 3.77. The van der Waals surface area contributed by atoms with Crippen LogP contribution in [0, 0.1) is 23.5 Å². The normalized spacial score (nSPS) is 9.75. The van der Waals surface area contributed by atoms with Gasteiger partial charge in [0.2, 0.25) is 0 Å². The molecule has 0 radical (unpaired) electrons. The average Bonchev–Trinajstić information content (AvgIpc) is 2.45. The van der Waals surface area contributed by atoms with E-state index in [4.69, 9.17) is 9.84 Å². The number of benzene rings is 1. The number of pyridine rings is 1. The SMILES string of the molecule is OCC#Cc1cncc(OCc2ccc(F)cc2F)c1. The van der Waals surface area contributed by atoms with E-state index in [0.29, 0.717) is 11.3 Å². The number of rotatable bonds is 3. The quantitative estimate of drug-likeness (QED) is 0.874. The van der Waals surface area contributed by atoms with Crippen molar-refractivity contribution in [2.24, 2.45) is 0 Å². The molecule has 0 bridgehead atoms. The fourth-order valence-corrected chi connectivity index (χ4v) is 1.51. The van der Waals surface area contributed by atoms with Crippen LogP contribution >= 0.6 is 0 Å². The summed E-state index contributed by atoms with van der Waals surface area (Å²) in [4.78, 5) is 3.92. The van der Waals surface area contributed by atoms with Gasteiger partial charge in [-0.1, -0.05) is 11.8 Å². The first-order valence-electron chi connectivity index (χ1n) is 5.80. The molecule has 20 heavy (non-hydrogen) atoms. The van der Waals surface area contributed by atoms with E-state index in [-0.39, 0.29) is 18.8 Å². The van der Waals surface area contributed by atoms with Crippen LogP contribution in [0.1, 0.15) is 11.1 Å². The summed E-state index contributed by atoms with van der Waals surface area (Å²) in [5.74, 6) is 4.30. The summed E-state index contributed by atoms with van der Waals surface area (Å²) in [7, 11) is 0. The van der Waals surface area contributed by atoms with Crippen molar-refractivity contribution < 1.29 is 18.6 Å². The number of hydrogen-bond acceptors (Lipinski definition) is 3. The van der Waals surface area contributed by atoms with Crippen LogP contribution in [0.5, 0.6) is 5.75 Å². The van der Waals surface area contributed by atoms with E-state index < -0.39 is 11.6 Å². The second-order valence-corrected chi connectivity index (χ2v) is 3.89. The zero-order valence-electron chi connectivity index (χ0n) is 10.4. The molecule has 0 fully saturated rings. The van der Waals surface area contributed by atoms with E-state index in [2.05, 4.69) is 16.8 Å². The molecule has 0 saturated carbocycles. The maximum atomic E-state index is 13.4. The fraction of sp³-hybridized carbons (Fsp3) is 0.133. The molecule has 1 aromatic heterocycles. The highest BCUT2D eigenvalue weighted by atomic mass is 19.1.